The van der Waals surface area contributed by atoms with Crippen molar-refractivity contribution in [3.05, 3.63) is 183 Å². The first-order valence-corrected chi connectivity index (χ1v) is 20.1. The van der Waals surface area contributed by atoms with E-state index in [0.717, 1.165) is 23.5 Å². The van der Waals surface area contributed by atoms with E-state index in [1.54, 1.807) is 34.0 Å². The summed E-state index contributed by atoms with van der Waals surface area (Å²) in [6, 6.07) is 44.5. The first kappa shape index (κ1) is 113. The van der Waals surface area contributed by atoms with Crippen molar-refractivity contribution >= 4 is 18.5 Å². The van der Waals surface area contributed by atoms with Crippen LogP contribution in [0.4, 0.5) is 0 Å². The van der Waals surface area contributed by atoms with Gasteiger partial charge in [-0.2, -0.15) is 39.9 Å². The van der Waals surface area contributed by atoms with Crippen LogP contribution in [-0.2, 0) is 288 Å². The van der Waals surface area contributed by atoms with Crippen molar-refractivity contribution in [2.75, 3.05) is 7.05 Å². The van der Waals surface area contributed by atoms with Crippen LogP contribution in [0.2, 0.25) is 0 Å². The first-order chi connectivity index (χ1) is 27.7. The van der Waals surface area contributed by atoms with Gasteiger partial charge in [-0.05, 0) is 41.4 Å². The van der Waals surface area contributed by atoms with Gasteiger partial charge >= 0.3 is 0 Å². The van der Waals surface area contributed by atoms with Crippen LogP contribution < -0.4 is 0 Å². The molecule has 0 aromatic heterocycles. The third-order valence-electron chi connectivity index (χ3n) is 7.03. The van der Waals surface area contributed by atoms with Crippen molar-refractivity contribution < 1.29 is 276 Å². The molecule has 8 radical (unpaired) electrons. The number of hydrogen-bond acceptors (Lipinski definition) is 5. The molecule has 0 unspecified atom stereocenters. The minimum atomic E-state index is -0.0961. The molecule has 0 aliphatic heterocycles. The number of hydrogen-bond donors (Lipinski definition) is 0. The van der Waals surface area contributed by atoms with Gasteiger partial charge in [0, 0.05) is 262 Å². The van der Waals surface area contributed by atoms with E-state index in [2.05, 4.69) is 114 Å². The molecule has 2 atom stereocenters. The Labute approximate surface area is 634 Å². The summed E-state index contributed by atoms with van der Waals surface area (Å²) in [6.07, 6.45) is 4.85. The Morgan fingerprint density at radius 3 is 1.04 bits per heavy atom. The average Bonchev–Trinajstić information content (AvgIpc) is 3.24. The summed E-state index contributed by atoms with van der Waals surface area (Å²) >= 11 is 0. The van der Waals surface area contributed by atoms with Gasteiger partial charge in [-0.15, -0.1) is 25.0 Å². The number of amides is 1. The van der Waals surface area contributed by atoms with E-state index in [0.29, 0.717) is 5.41 Å². The molecular weight excluding hydrogens is 1470 g/mol. The van der Waals surface area contributed by atoms with Crippen LogP contribution >= 0.6 is 0 Å². The summed E-state index contributed by atoms with van der Waals surface area (Å²) in [7, 11) is 1.52. The van der Waals surface area contributed by atoms with Crippen LogP contribution in [0.1, 0.15) is 138 Å². The second kappa shape index (κ2) is 78.9. The van der Waals surface area contributed by atoms with Crippen molar-refractivity contribution in [2.45, 2.75) is 128 Å². The molecular formula is C56H83N3O3Y8-8. The minimum absolute atomic E-state index is 0. The molecule has 6 nitrogen and oxygen atoms in total. The summed E-state index contributed by atoms with van der Waals surface area (Å²) in [4.78, 5) is 29.9. The first-order valence-electron chi connectivity index (χ1n) is 20.1. The van der Waals surface area contributed by atoms with Gasteiger partial charge in [-0.25, -0.2) is 5.26 Å². The number of benzene rings is 4. The third kappa shape index (κ3) is 82.7. The standard InChI is InChI=1S/C10H14.C9H9N.C9H9O.C8H10.C5H11NO.C4H6N.C4H7O.C4H9.3CH3.8Y/c1-10(2,3)9-7-5-4-6-8-9;2*1-8(7-10)9-5-3-2-4-6-9;1-2-8-6-4-3-5-7-8;1-4(2)5(7)6-3;2*1-4(2)3-5;1-4(2)3;;;;;;;;;;;/h4-8H,1-3H3;2*2-6,8H,1H3;3-7H,2H2,1H3;4H,1-3H3,(H,6,7);1-2H3;4H,1-2H3;1-3H3;3*1H3;;;;;;;;/q;;-1;;;6*-1;;;;;;;;/p-1/t;2*8-;;;;;;;;;;;;;;;;/m.00................/s1. The molecule has 0 heterocycles. The molecule has 0 spiro atoms. The fourth-order valence-electron chi connectivity index (χ4n) is 3.54. The number of rotatable bonds is 6. The molecule has 372 valence electrons. The Hall–Kier alpha value is 3.37. The summed E-state index contributed by atoms with van der Waals surface area (Å²) in [5.74, 6) is 2.26. The Morgan fingerprint density at radius 1 is 0.586 bits per heavy atom. The minimum Gasteiger partial charge on any atom is -0.656 e. The fraction of sp³-hybridized carbons (Fsp3) is 0.393. The van der Waals surface area contributed by atoms with Crippen molar-refractivity contribution in [1.29, 1.82) is 10.5 Å². The topological polar surface area (TPSA) is 113 Å². The molecule has 0 saturated heterocycles. The van der Waals surface area contributed by atoms with Gasteiger partial charge in [0.2, 0.25) is 0 Å². The van der Waals surface area contributed by atoms with Crippen LogP contribution in [0.5, 0.6) is 0 Å². The summed E-state index contributed by atoms with van der Waals surface area (Å²) in [5, 5.41) is 19.8. The van der Waals surface area contributed by atoms with E-state index < -0.39 is 0 Å². The van der Waals surface area contributed by atoms with Crippen LogP contribution in [0.3, 0.4) is 0 Å². The molecule has 0 bridgehead atoms. The van der Waals surface area contributed by atoms with E-state index in [4.69, 9.17) is 10.5 Å². The van der Waals surface area contributed by atoms with E-state index in [-0.39, 0.29) is 314 Å². The zero-order valence-corrected chi connectivity index (χ0v) is 69.5. The molecule has 0 aliphatic rings. The Morgan fingerprint density at radius 2 is 0.871 bits per heavy atom. The van der Waals surface area contributed by atoms with Crippen LogP contribution in [0.15, 0.2) is 121 Å². The van der Waals surface area contributed by atoms with Gasteiger partial charge < -0.3 is 47.9 Å². The normalized spacial score (nSPS) is 8.64. The van der Waals surface area contributed by atoms with Gasteiger partial charge in [-0.3, -0.25) is 18.5 Å². The quantitative estimate of drug-likeness (QED) is 0.179. The summed E-state index contributed by atoms with van der Waals surface area (Å²) < 4.78 is 0. The van der Waals surface area contributed by atoms with E-state index in [9.17, 15) is 14.4 Å². The molecule has 4 rings (SSSR count). The predicted molar refractivity (Wildman–Crippen MR) is 271 cm³/mol. The molecule has 1 amide bonds. The Bertz CT molecular complexity index is 1650. The monoisotopic (exact) mass is 1560 g/mol. The second-order valence-electron chi connectivity index (χ2n) is 15.6. The number of carbonyl (C=O) groups excluding carboxylic acids is 3. The van der Waals surface area contributed by atoms with Gasteiger partial charge in [0.25, 0.3) is 0 Å². The molecule has 14 heteroatoms. The SMILES string of the molecule is CC(C)(C)c1ccccc1.CC(C)[C-]=O.CCc1ccccc1.C[C-](C)C.C[C-](C)C#N.C[C@@H](C#N)c1ccccc1.C[C@@H]([C-]=O)c1ccccc1.C[N-]C(=O)C(C)C.[CH3-].[CH3-].[CH3-].[Y].[Y].[Y].[Y].[Y].[Y].[Y].[Y]. The van der Waals surface area contributed by atoms with E-state index >= 15 is 0 Å². The van der Waals surface area contributed by atoms with Crippen molar-refractivity contribution in [3.8, 4) is 12.1 Å². The zero-order valence-electron chi connectivity index (χ0n) is 46.7. The maximum atomic E-state index is 10.3. The van der Waals surface area contributed by atoms with Crippen LogP contribution in [0, 0.1) is 68.6 Å². The number of carbonyl (C=O) groups is 1. The van der Waals surface area contributed by atoms with Crippen molar-refractivity contribution in [3.63, 3.8) is 0 Å². The predicted octanol–water partition coefficient (Wildman–Crippen LogP) is 15.4. The smallest absolute Gasteiger partial charge is 0.0700 e. The Balaban J connectivity index is -0.0000000378. The largest absolute Gasteiger partial charge is 0.656 e. The van der Waals surface area contributed by atoms with Gasteiger partial charge in [-0.1, -0.05) is 189 Å². The molecule has 0 N–H and O–H groups in total. The molecule has 4 aromatic carbocycles. The van der Waals surface area contributed by atoms with E-state index in [1.165, 1.54) is 24.1 Å². The van der Waals surface area contributed by atoms with Crippen molar-refractivity contribution in [2.24, 2.45) is 11.8 Å². The fourth-order valence-corrected chi connectivity index (χ4v) is 3.54. The molecule has 0 fully saturated rings. The molecule has 0 aliphatic carbocycles. The molecule has 70 heavy (non-hydrogen) atoms. The molecule has 0 saturated carbocycles. The van der Waals surface area contributed by atoms with Crippen LogP contribution in [-0.4, -0.2) is 25.5 Å². The number of aryl methyl sites for hydroxylation is 1. The van der Waals surface area contributed by atoms with E-state index in [1.807, 2.05) is 107 Å². The van der Waals surface area contributed by atoms with Gasteiger partial charge in [0.15, 0.2) is 0 Å². The number of nitrogens with zero attached hydrogens (tertiary/aromatic N) is 3. The van der Waals surface area contributed by atoms with Gasteiger partial charge in [0.1, 0.15) is 0 Å². The average molecular weight is 1560 g/mol. The summed E-state index contributed by atoms with van der Waals surface area (Å²) in [6.45, 7) is 29.6. The van der Waals surface area contributed by atoms with Crippen molar-refractivity contribution in [1.82, 2.24) is 0 Å². The maximum absolute atomic E-state index is 10.3. The van der Waals surface area contributed by atoms with Gasteiger partial charge in [0.05, 0.1) is 17.9 Å². The second-order valence-corrected chi connectivity index (χ2v) is 15.6. The van der Waals surface area contributed by atoms with Crippen LogP contribution in [0.25, 0.3) is 5.32 Å². The number of nitriles is 2. The third-order valence-corrected chi connectivity index (χ3v) is 7.03. The maximum Gasteiger partial charge on any atom is 0.0700 e. The summed E-state index contributed by atoms with van der Waals surface area (Å²) in [5.41, 5.74) is 5.21. The Kier molecular flexibility index (Phi) is 127. The zero-order chi connectivity index (χ0) is 46.2. The molecule has 4 aromatic rings.